The Morgan fingerprint density at radius 3 is 2.50 bits per heavy atom. The summed E-state index contributed by atoms with van der Waals surface area (Å²) in [7, 11) is 1.73. The summed E-state index contributed by atoms with van der Waals surface area (Å²) in [6.07, 6.45) is 1.69. The van der Waals surface area contributed by atoms with Crippen molar-refractivity contribution in [3.8, 4) is 17.4 Å². The van der Waals surface area contributed by atoms with Crippen molar-refractivity contribution in [1.82, 2.24) is 28.9 Å². The molecule has 0 aliphatic carbocycles. The van der Waals surface area contributed by atoms with Crippen LogP contribution in [0.3, 0.4) is 0 Å². The summed E-state index contributed by atoms with van der Waals surface area (Å²) in [6.45, 7) is 5.40. The number of rotatable bonds is 9. The summed E-state index contributed by atoms with van der Waals surface area (Å²) >= 11 is 0. The van der Waals surface area contributed by atoms with E-state index in [2.05, 4.69) is 15.1 Å². The van der Waals surface area contributed by atoms with Crippen molar-refractivity contribution in [2.75, 3.05) is 18.1 Å². The predicted molar refractivity (Wildman–Crippen MR) is 140 cm³/mol. The maximum atomic E-state index is 13.2. The summed E-state index contributed by atoms with van der Waals surface area (Å²) in [4.78, 5) is 47.7. The third-order valence-corrected chi connectivity index (χ3v) is 6.65. The van der Waals surface area contributed by atoms with Crippen LogP contribution in [0.1, 0.15) is 33.1 Å². The predicted octanol–water partition coefficient (Wildman–Crippen LogP) is 2.68. The van der Waals surface area contributed by atoms with Crippen LogP contribution in [0, 0.1) is 11.7 Å². The van der Waals surface area contributed by atoms with Crippen molar-refractivity contribution in [2.45, 2.75) is 46.2 Å². The Labute approximate surface area is 217 Å². The van der Waals surface area contributed by atoms with Crippen molar-refractivity contribution < 1.29 is 13.9 Å². The fourth-order valence-electron chi connectivity index (χ4n) is 4.80. The second-order valence-corrected chi connectivity index (χ2v) is 9.53. The van der Waals surface area contributed by atoms with Crippen LogP contribution in [0.5, 0.6) is 5.88 Å². The molecule has 1 N–H and O–H groups in total. The number of halogens is 1. The van der Waals surface area contributed by atoms with Gasteiger partial charge < -0.3 is 14.6 Å². The van der Waals surface area contributed by atoms with Crippen LogP contribution in [0.2, 0.25) is 0 Å². The molecule has 1 aromatic carbocycles. The SMILES string of the molecule is CCCn1c(=O)c2[nH]c(-c3cc(OCC4CC(=O)N(c5ccc(F)cc5)C4)n(C)n3)nc2n(CCC)c1=O. The largest absolute Gasteiger partial charge is 0.477 e. The van der Waals surface area contributed by atoms with E-state index in [1.807, 2.05) is 13.8 Å². The highest BCUT2D eigenvalue weighted by atomic mass is 19.1. The lowest BCUT2D eigenvalue weighted by molar-refractivity contribution is -0.117. The van der Waals surface area contributed by atoms with E-state index in [0.29, 0.717) is 74.2 Å². The number of hydrogen-bond donors (Lipinski definition) is 1. The second kappa shape index (κ2) is 10.3. The van der Waals surface area contributed by atoms with Gasteiger partial charge in [-0.25, -0.2) is 18.9 Å². The third-order valence-electron chi connectivity index (χ3n) is 6.65. The molecule has 4 aromatic rings. The number of amides is 1. The molecule has 1 unspecified atom stereocenters. The zero-order chi connectivity index (χ0) is 27.0. The van der Waals surface area contributed by atoms with Gasteiger partial charge in [0.15, 0.2) is 11.5 Å². The number of aryl methyl sites for hydroxylation is 2. The Morgan fingerprint density at radius 1 is 1.08 bits per heavy atom. The average Bonchev–Trinajstić information content (AvgIpc) is 3.60. The molecule has 0 bridgehead atoms. The molecule has 0 saturated carbocycles. The first-order chi connectivity index (χ1) is 18.3. The number of aromatic nitrogens is 6. The van der Waals surface area contributed by atoms with Gasteiger partial charge in [-0.05, 0) is 37.1 Å². The monoisotopic (exact) mass is 523 g/mol. The highest BCUT2D eigenvalue weighted by Gasteiger charge is 2.31. The molecule has 1 amide bonds. The number of H-pyrrole nitrogens is 1. The molecule has 1 saturated heterocycles. The molecule has 1 fully saturated rings. The zero-order valence-electron chi connectivity index (χ0n) is 21.6. The van der Waals surface area contributed by atoms with Gasteiger partial charge >= 0.3 is 5.69 Å². The second-order valence-electron chi connectivity index (χ2n) is 9.53. The fourth-order valence-corrected chi connectivity index (χ4v) is 4.80. The minimum atomic E-state index is -0.401. The van der Waals surface area contributed by atoms with Crippen LogP contribution < -0.4 is 20.9 Å². The van der Waals surface area contributed by atoms with Crippen LogP contribution in [0.4, 0.5) is 10.1 Å². The molecule has 12 heteroatoms. The molecule has 38 heavy (non-hydrogen) atoms. The highest BCUT2D eigenvalue weighted by molar-refractivity contribution is 5.95. The first kappa shape index (κ1) is 25.4. The Kier molecular flexibility index (Phi) is 6.87. The fraction of sp³-hybridized carbons (Fsp3) is 0.423. The van der Waals surface area contributed by atoms with Crippen molar-refractivity contribution >= 4 is 22.8 Å². The van der Waals surface area contributed by atoms with Gasteiger partial charge in [0.1, 0.15) is 17.0 Å². The van der Waals surface area contributed by atoms with Gasteiger partial charge in [0, 0.05) is 50.8 Å². The van der Waals surface area contributed by atoms with Crippen LogP contribution in [-0.4, -0.2) is 47.9 Å². The Balaban J connectivity index is 1.36. The summed E-state index contributed by atoms with van der Waals surface area (Å²) in [6, 6.07) is 7.56. The number of ether oxygens (including phenoxy) is 1. The first-order valence-electron chi connectivity index (χ1n) is 12.8. The van der Waals surface area contributed by atoms with E-state index in [1.165, 1.54) is 21.3 Å². The van der Waals surface area contributed by atoms with Crippen molar-refractivity contribution in [2.24, 2.45) is 13.0 Å². The zero-order valence-corrected chi connectivity index (χ0v) is 21.6. The summed E-state index contributed by atoms with van der Waals surface area (Å²) in [5, 5.41) is 4.48. The van der Waals surface area contributed by atoms with Gasteiger partial charge in [0.25, 0.3) is 5.56 Å². The van der Waals surface area contributed by atoms with E-state index < -0.39 is 5.56 Å². The van der Waals surface area contributed by atoms with Gasteiger partial charge in [-0.2, -0.15) is 5.10 Å². The molecule has 0 radical (unpaired) electrons. The number of hydrogen-bond acceptors (Lipinski definition) is 6. The molecular weight excluding hydrogens is 493 g/mol. The molecular formula is C26H30FN7O4. The molecule has 11 nitrogen and oxygen atoms in total. The van der Waals surface area contributed by atoms with Crippen molar-refractivity contribution in [3.05, 3.63) is 57.0 Å². The van der Waals surface area contributed by atoms with Crippen LogP contribution in [0.15, 0.2) is 39.9 Å². The number of benzene rings is 1. The lowest BCUT2D eigenvalue weighted by atomic mass is 10.1. The molecule has 4 heterocycles. The van der Waals surface area contributed by atoms with Crippen LogP contribution in [-0.2, 0) is 24.9 Å². The number of anilines is 1. The van der Waals surface area contributed by atoms with E-state index in [-0.39, 0.29) is 28.8 Å². The Morgan fingerprint density at radius 2 is 1.79 bits per heavy atom. The van der Waals surface area contributed by atoms with E-state index in [0.717, 1.165) is 0 Å². The number of nitrogens with zero attached hydrogens (tertiary/aromatic N) is 6. The quantitative estimate of drug-likeness (QED) is 0.360. The molecule has 1 aliphatic heterocycles. The number of carbonyl (C=O) groups excluding carboxylic acids is 1. The van der Waals surface area contributed by atoms with Crippen molar-refractivity contribution in [1.29, 1.82) is 0 Å². The number of nitrogens with one attached hydrogen (secondary N) is 1. The molecule has 5 rings (SSSR count). The maximum absolute atomic E-state index is 13.2. The highest BCUT2D eigenvalue weighted by Crippen LogP contribution is 2.27. The van der Waals surface area contributed by atoms with E-state index in [1.54, 1.807) is 34.8 Å². The first-order valence-corrected chi connectivity index (χ1v) is 12.8. The van der Waals surface area contributed by atoms with Gasteiger partial charge in [-0.15, -0.1) is 0 Å². The smallest absolute Gasteiger partial charge is 0.332 e. The third kappa shape index (κ3) is 4.61. The molecule has 200 valence electrons. The van der Waals surface area contributed by atoms with Crippen LogP contribution >= 0.6 is 0 Å². The Hall–Kier alpha value is -4.22. The summed E-state index contributed by atoms with van der Waals surface area (Å²) in [5.41, 5.74) is 0.928. The maximum Gasteiger partial charge on any atom is 0.332 e. The van der Waals surface area contributed by atoms with Gasteiger partial charge in [-0.3, -0.25) is 18.7 Å². The normalized spacial score (nSPS) is 15.6. The number of carbonyl (C=O) groups is 1. The van der Waals surface area contributed by atoms with E-state index in [4.69, 9.17) is 4.74 Å². The molecule has 1 aliphatic rings. The minimum absolute atomic E-state index is 0.0370. The van der Waals surface area contributed by atoms with Gasteiger partial charge in [-0.1, -0.05) is 13.8 Å². The topological polar surface area (TPSA) is 120 Å². The standard InChI is InChI=1S/C26H30FN7O4/c1-4-10-32-24-22(25(36)33(11-5-2)26(32)37)28-23(29-24)19-13-21(31(3)30-19)38-15-16-12-20(35)34(14-16)18-8-6-17(27)7-9-18/h6-9,13,16H,4-5,10-12,14-15H2,1-3H3,(H,28,29). The summed E-state index contributed by atoms with van der Waals surface area (Å²) < 4.78 is 23.6. The van der Waals surface area contributed by atoms with E-state index >= 15 is 0 Å². The lowest BCUT2D eigenvalue weighted by Gasteiger charge is -2.17. The molecule has 0 spiro atoms. The Bertz CT molecular complexity index is 1600. The average molecular weight is 524 g/mol. The minimum Gasteiger partial charge on any atom is -0.477 e. The lowest BCUT2D eigenvalue weighted by Crippen LogP contribution is -2.40. The summed E-state index contributed by atoms with van der Waals surface area (Å²) in [5.74, 6) is 0.404. The van der Waals surface area contributed by atoms with E-state index in [9.17, 15) is 18.8 Å². The van der Waals surface area contributed by atoms with Gasteiger partial charge in [0.05, 0.1) is 6.61 Å². The van der Waals surface area contributed by atoms with Crippen molar-refractivity contribution in [3.63, 3.8) is 0 Å². The number of imidazole rings is 1. The molecule has 3 aromatic heterocycles. The molecule has 1 atom stereocenters. The van der Waals surface area contributed by atoms with Crippen LogP contribution in [0.25, 0.3) is 22.7 Å². The number of fused-ring (bicyclic) bond motifs is 1. The number of aromatic amines is 1. The van der Waals surface area contributed by atoms with Gasteiger partial charge in [0.2, 0.25) is 11.8 Å².